The molecule has 1 amide bonds. The lowest BCUT2D eigenvalue weighted by Crippen LogP contribution is -2.11. The number of halogens is 1. The lowest BCUT2D eigenvalue weighted by molar-refractivity contribution is 0.102. The number of nitrogens with one attached hydrogen (secondary N) is 2. The quantitative estimate of drug-likeness (QED) is 0.270. The van der Waals surface area contributed by atoms with E-state index in [0.717, 1.165) is 27.8 Å². The van der Waals surface area contributed by atoms with E-state index < -0.39 is 0 Å². The standard InChI is InChI=1S/C27H19ClN4O2/c28-19-11-14-24-23(15-19)25(17-5-2-1-3-6-17)32-27(31-24)30-20-12-9-18(10-13-20)26(34)29-21-7-4-8-22(33)16-21/h1-16,33H,(H,29,34)(H,30,31,32). The van der Waals surface area contributed by atoms with E-state index in [9.17, 15) is 9.90 Å². The van der Waals surface area contributed by atoms with Crippen molar-refractivity contribution in [1.82, 2.24) is 9.97 Å². The number of hydrogen-bond donors (Lipinski definition) is 3. The van der Waals surface area contributed by atoms with Crippen LogP contribution in [-0.2, 0) is 0 Å². The first-order chi connectivity index (χ1) is 16.5. The average molecular weight is 467 g/mol. The summed E-state index contributed by atoms with van der Waals surface area (Å²) in [7, 11) is 0. The van der Waals surface area contributed by atoms with E-state index in [2.05, 4.69) is 15.6 Å². The number of aromatic hydroxyl groups is 1. The number of anilines is 3. The Labute approximate surface area is 200 Å². The molecule has 34 heavy (non-hydrogen) atoms. The maximum absolute atomic E-state index is 12.5. The van der Waals surface area contributed by atoms with Crippen molar-refractivity contribution in [3.8, 4) is 17.0 Å². The van der Waals surface area contributed by atoms with E-state index >= 15 is 0 Å². The molecular weight excluding hydrogens is 448 g/mol. The van der Waals surface area contributed by atoms with Crippen LogP contribution < -0.4 is 10.6 Å². The predicted molar refractivity (Wildman–Crippen MR) is 136 cm³/mol. The van der Waals surface area contributed by atoms with Crippen LogP contribution in [0.4, 0.5) is 17.3 Å². The molecular formula is C27H19ClN4O2. The molecule has 5 rings (SSSR count). The summed E-state index contributed by atoms with van der Waals surface area (Å²) in [6.07, 6.45) is 0. The number of rotatable bonds is 5. The van der Waals surface area contributed by atoms with Gasteiger partial charge < -0.3 is 15.7 Å². The third kappa shape index (κ3) is 4.67. The zero-order chi connectivity index (χ0) is 23.5. The van der Waals surface area contributed by atoms with Gasteiger partial charge in [-0.2, -0.15) is 0 Å². The van der Waals surface area contributed by atoms with Crippen molar-refractivity contribution in [3.63, 3.8) is 0 Å². The Morgan fingerprint density at radius 3 is 2.35 bits per heavy atom. The minimum Gasteiger partial charge on any atom is -0.508 e. The lowest BCUT2D eigenvalue weighted by Gasteiger charge is -2.11. The van der Waals surface area contributed by atoms with E-state index in [0.29, 0.717) is 22.2 Å². The molecule has 0 atom stereocenters. The van der Waals surface area contributed by atoms with Gasteiger partial charge in [-0.1, -0.05) is 48.0 Å². The normalized spacial score (nSPS) is 10.7. The summed E-state index contributed by atoms with van der Waals surface area (Å²) in [6.45, 7) is 0. The van der Waals surface area contributed by atoms with Crippen LogP contribution >= 0.6 is 11.6 Å². The number of hydrogen-bond acceptors (Lipinski definition) is 5. The molecule has 0 radical (unpaired) electrons. The predicted octanol–water partition coefficient (Wildman–Crippen LogP) is 6.65. The number of carbonyl (C=O) groups is 1. The molecule has 0 unspecified atom stereocenters. The molecule has 0 saturated carbocycles. The summed E-state index contributed by atoms with van der Waals surface area (Å²) < 4.78 is 0. The fourth-order valence-electron chi connectivity index (χ4n) is 3.59. The van der Waals surface area contributed by atoms with Crippen molar-refractivity contribution in [1.29, 1.82) is 0 Å². The highest BCUT2D eigenvalue weighted by Gasteiger charge is 2.12. The summed E-state index contributed by atoms with van der Waals surface area (Å²) in [5, 5.41) is 17.0. The smallest absolute Gasteiger partial charge is 0.255 e. The van der Waals surface area contributed by atoms with Gasteiger partial charge in [-0.15, -0.1) is 0 Å². The first-order valence-electron chi connectivity index (χ1n) is 10.6. The van der Waals surface area contributed by atoms with Crippen LogP contribution in [-0.4, -0.2) is 21.0 Å². The molecule has 1 aromatic heterocycles. The number of phenols is 1. The molecule has 166 valence electrons. The minimum atomic E-state index is -0.276. The summed E-state index contributed by atoms with van der Waals surface area (Å²) in [5.41, 5.74) is 4.24. The molecule has 6 nitrogen and oxygen atoms in total. The molecule has 0 aliphatic carbocycles. The third-order valence-corrected chi connectivity index (χ3v) is 5.45. The second-order valence-corrected chi connectivity index (χ2v) is 8.07. The van der Waals surface area contributed by atoms with Gasteiger partial charge in [0.1, 0.15) is 5.75 Å². The van der Waals surface area contributed by atoms with E-state index in [4.69, 9.17) is 16.6 Å². The van der Waals surface area contributed by atoms with Crippen molar-refractivity contribution >= 4 is 45.7 Å². The fraction of sp³-hybridized carbons (Fsp3) is 0. The maximum Gasteiger partial charge on any atom is 0.255 e. The Morgan fingerprint density at radius 2 is 1.59 bits per heavy atom. The van der Waals surface area contributed by atoms with Gasteiger partial charge in [0.25, 0.3) is 5.91 Å². The summed E-state index contributed by atoms with van der Waals surface area (Å²) in [6, 6.07) is 28.8. The first-order valence-corrected chi connectivity index (χ1v) is 10.9. The Balaban J connectivity index is 1.41. The van der Waals surface area contributed by atoms with Crippen LogP contribution in [0, 0.1) is 0 Å². The second-order valence-electron chi connectivity index (χ2n) is 7.63. The molecule has 4 aromatic carbocycles. The lowest BCUT2D eigenvalue weighted by atomic mass is 10.1. The van der Waals surface area contributed by atoms with Crippen molar-refractivity contribution in [2.45, 2.75) is 0 Å². The largest absolute Gasteiger partial charge is 0.508 e. The van der Waals surface area contributed by atoms with Crippen LogP contribution in [0.25, 0.3) is 22.2 Å². The van der Waals surface area contributed by atoms with Gasteiger partial charge in [-0.3, -0.25) is 4.79 Å². The highest BCUT2D eigenvalue weighted by molar-refractivity contribution is 6.31. The monoisotopic (exact) mass is 466 g/mol. The van der Waals surface area contributed by atoms with Gasteiger partial charge >= 0.3 is 0 Å². The Morgan fingerprint density at radius 1 is 0.794 bits per heavy atom. The van der Waals surface area contributed by atoms with Crippen molar-refractivity contribution in [2.75, 3.05) is 10.6 Å². The molecule has 7 heteroatoms. The van der Waals surface area contributed by atoms with Crippen LogP contribution in [0.1, 0.15) is 10.4 Å². The van der Waals surface area contributed by atoms with E-state index in [1.807, 2.05) is 42.5 Å². The number of benzene rings is 4. The van der Waals surface area contributed by atoms with Crippen LogP contribution in [0.3, 0.4) is 0 Å². The molecule has 0 fully saturated rings. The Bertz CT molecular complexity index is 1490. The number of aromatic nitrogens is 2. The molecule has 0 bridgehead atoms. The maximum atomic E-state index is 12.5. The average Bonchev–Trinajstić information content (AvgIpc) is 2.85. The Hall–Kier alpha value is -4.42. The molecule has 1 heterocycles. The molecule has 0 saturated heterocycles. The van der Waals surface area contributed by atoms with Gasteiger partial charge in [-0.25, -0.2) is 9.97 Å². The minimum absolute atomic E-state index is 0.0878. The SMILES string of the molecule is O=C(Nc1cccc(O)c1)c1ccc(Nc2nc(-c3ccccc3)c3cc(Cl)ccc3n2)cc1. The van der Waals surface area contributed by atoms with Gasteiger partial charge in [0.05, 0.1) is 11.2 Å². The van der Waals surface area contributed by atoms with Crippen molar-refractivity contribution in [2.24, 2.45) is 0 Å². The van der Waals surface area contributed by atoms with Crippen LogP contribution in [0.2, 0.25) is 5.02 Å². The highest BCUT2D eigenvalue weighted by Crippen LogP contribution is 2.30. The summed E-state index contributed by atoms with van der Waals surface area (Å²) >= 11 is 6.23. The number of amides is 1. The first kappa shape index (κ1) is 21.4. The third-order valence-electron chi connectivity index (χ3n) is 5.21. The number of carbonyl (C=O) groups excluding carboxylic acids is 1. The fourth-order valence-corrected chi connectivity index (χ4v) is 3.77. The number of nitrogens with zero attached hydrogens (tertiary/aromatic N) is 2. The van der Waals surface area contributed by atoms with Crippen LogP contribution in [0.5, 0.6) is 5.75 Å². The highest BCUT2D eigenvalue weighted by atomic mass is 35.5. The Kier molecular flexibility index (Phi) is 5.81. The van der Waals surface area contributed by atoms with E-state index in [-0.39, 0.29) is 11.7 Å². The topological polar surface area (TPSA) is 87.1 Å². The summed E-state index contributed by atoms with van der Waals surface area (Å²) in [5.74, 6) is 0.248. The molecule has 0 aliphatic rings. The van der Waals surface area contributed by atoms with E-state index in [1.165, 1.54) is 6.07 Å². The second kappa shape index (κ2) is 9.21. The van der Waals surface area contributed by atoms with Crippen molar-refractivity contribution in [3.05, 3.63) is 108 Å². The van der Waals surface area contributed by atoms with Crippen molar-refractivity contribution < 1.29 is 9.90 Å². The van der Waals surface area contributed by atoms with Gasteiger partial charge in [-0.05, 0) is 54.6 Å². The zero-order valence-electron chi connectivity index (χ0n) is 17.9. The molecule has 5 aromatic rings. The van der Waals surface area contributed by atoms with E-state index in [1.54, 1.807) is 48.5 Å². The van der Waals surface area contributed by atoms with Gasteiger partial charge in [0.2, 0.25) is 5.95 Å². The zero-order valence-corrected chi connectivity index (χ0v) is 18.6. The van der Waals surface area contributed by atoms with Gasteiger partial charge in [0.15, 0.2) is 0 Å². The molecule has 0 aliphatic heterocycles. The number of phenolic OH excluding ortho intramolecular Hbond substituents is 1. The van der Waals surface area contributed by atoms with Crippen LogP contribution in [0.15, 0.2) is 97.1 Å². The number of fused-ring (bicyclic) bond motifs is 1. The van der Waals surface area contributed by atoms with Gasteiger partial charge in [0, 0.05) is 39.0 Å². The molecule has 3 N–H and O–H groups in total. The summed E-state index contributed by atoms with van der Waals surface area (Å²) in [4.78, 5) is 21.9. The molecule has 0 spiro atoms.